The van der Waals surface area contributed by atoms with Gasteiger partial charge in [-0.25, -0.2) is 9.78 Å². The first-order valence-electron chi connectivity index (χ1n) is 11.0. The summed E-state index contributed by atoms with van der Waals surface area (Å²) in [4.78, 5) is 31.9. The summed E-state index contributed by atoms with van der Waals surface area (Å²) in [6, 6.07) is 17.2. The number of benzene rings is 2. The van der Waals surface area contributed by atoms with E-state index in [-0.39, 0.29) is 30.7 Å². The van der Waals surface area contributed by atoms with Crippen molar-refractivity contribution in [3.05, 3.63) is 72.2 Å². The van der Waals surface area contributed by atoms with Crippen LogP contribution in [0, 0.1) is 0 Å². The number of unbranched alkanes of at least 4 members (excludes halogenated alkanes) is 1. The first-order valence-corrected chi connectivity index (χ1v) is 11.0. The van der Waals surface area contributed by atoms with E-state index in [1.807, 2.05) is 64.1 Å². The Labute approximate surface area is 187 Å². The minimum atomic E-state index is -0.495. The van der Waals surface area contributed by atoms with Gasteiger partial charge in [0.05, 0.1) is 31.4 Å². The summed E-state index contributed by atoms with van der Waals surface area (Å²) in [5, 5.41) is 0. The van der Waals surface area contributed by atoms with Crippen molar-refractivity contribution in [3.8, 4) is 5.69 Å². The Bertz CT molecular complexity index is 1090. The van der Waals surface area contributed by atoms with Crippen LogP contribution in [-0.2, 0) is 14.3 Å². The number of fused-ring (bicyclic) bond motifs is 3. The number of esters is 2. The fourth-order valence-corrected chi connectivity index (χ4v) is 4.01. The van der Waals surface area contributed by atoms with Crippen LogP contribution in [-0.4, -0.2) is 34.7 Å². The molecule has 1 aliphatic rings. The van der Waals surface area contributed by atoms with Gasteiger partial charge >= 0.3 is 11.9 Å². The van der Waals surface area contributed by atoms with Gasteiger partial charge in [-0.2, -0.15) is 0 Å². The molecule has 1 atom stereocenters. The topological polar surface area (TPSA) is 73.7 Å². The van der Waals surface area contributed by atoms with E-state index in [0.29, 0.717) is 12.4 Å². The van der Waals surface area contributed by atoms with Crippen LogP contribution < -0.4 is 4.90 Å². The summed E-state index contributed by atoms with van der Waals surface area (Å²) in [6.07, 6.45) is 3.56. The molecule has 2 aromatic carbocycles. The molecule has 3 aromatic rings. The van der Waals surface area contributed by atoms with Crippen molar-refractivity contribution in [1.82, 2.24) is 9.55 Å². The Morgan fingerprint density at radius 1 is 1.00 bits per heavy atom. The minimum absolute atomic E-state index is 0.142. The highest BCUT2D eigenvalue weighted by Gasteiger charge is 2.38. The molecule has 0 saturated carbocycles. The number of hydrogen-bond donors (Lipinski definition) is 0. The van der Waals surface area contributed by atoms with Crippen molar-refractivity contribution in [2.75, 3.05) is 18.1 Å². The number of rotatable bonds is 8. The van der Waals surface area contributed by atoms with Crippen molar-refractivity contribution in [1.29, 1.82) is 0 Å². The first kappa shape index (κ1) is 21.6. The van der Waals surface area contributed by atoms with Gasteiger partial charge in [0.25, 0.3) is 0 Å². The van der Waals surface area contributed by atoms with E-state index in [0.717, 1.165) is 29.8 Å². The summed E-state index contributed by atoms with van der Waals surface area (Å²) in [5.41, 5.74) is 2.91. The molecule has 2 heterocycles. The molecule has 1 aromatic heterocycles. The number of carbonyl (C=O) groups is 2. The molecule has 0 fully saturated rings. The number of hydrogen-bond acceptors (Lipinski definition) is 6. The summed E-state index contributed by atoms with van der Waals surface area (Å²) in [7, 11) is 0. The zero-order chi connectivity index (χ0) is 22.5. The fourth-order valence-electron chi connectivity index (χ4n) is 4.01. The van der Waals surface area contributed by atoms with E-state index in [1.54, 1.807) is 13.3 Å². The molecule has 32 heavy (non-hydrogen) atoms. The van der Waals surface area contributed by atoms with Crippen LogP contribution >= 0.6 is 0 Å². The molecular weight excluding hydrogens is 406 g/mol. The normalized spacial score (nSPS) is 14.4. The quantitative estimate of drug-likeness (QED) is 0.369. The third-order valence-electron chi connectivity index (χ3n) is 5.46. The molecule has 0 bridgehead atoms. The van der Waals surface area contributed by atoms with Crippen molar-refractivity contribution < 1.29 is 19.1 Å². The molecule has 0 amide bonds. The second-order valence-electron chi connectivity index (χ2n) is 7.57. The van der Waals surface area contributed by atoms with Gasteiger partial charge in [-0.1, -0.05) is 49.7 Å². The van der Waals surface area contributed by atoms with Gasteiger partial charge in [-0.15, -0.1) is 0 Å². The zero-order valence-electron chi connectivity index (χ0n) is 18.4. The monoisotopic (exact) mass is 433 g/mol. The maximum Gasteiger partial charge on any atom is 0.360 e. The van der Waals surface area contributed by atoms with Crippen LogP contribution in [0.2, 0.25) is 0 Å². The number of anilines is 2. The Kier molecular flexibility index (Phi) is 6.54. The van der Waals surface area contributed by atoms with Crippen LogP contribution in [0.15, 0.2) is 60.9 Å². The van der Waals surface area contributed by atoms with Crippen molar-refractivity contribution in [2.45, 2.75) is 39.2 Å². The molecular formula is C25H27N3O4. The molecule has 1 aliphatic heterocycles. The third-order valence-corrected chi connectivity index (χ3v) is 5.46. The van der Waals surface area contributed by atoms with Crippen LogP contribution in [0.3, 0.4) is 0 Å². The molecule has 0 aliphatic carbocycles. The minimum Gasteiger partial charge on any atom is -0.466 e. The van der Waals surface area contributed by atoms with E-state index >= 15 is 0 Å². The molecule has 1 unspecified atom stereocenters. The van der Waals surface area contributed by atoms with Gasteiger partial charge in [-0.3, -0.25) is 9.36 Å². The van der Waals surface area contributed by atoms with Gasteiger partial charge in [0, 0.05) is 5.69 Å². The second kappa shape index (κ2) is 9.68. The van der Waals surface area contributed by atoms with E-state index < -0.39 is 5.97 Å². The average molecular weight is 434 g/mol. The zero-order valence-corrected chi connectivity index (χ0v) is 18.4. The van der Waals surface area contributed by atoms with Gasteiger partial charge in [0.2, 0.25) is 0 Å². The number of imidazole rings is 1. The SMILES string of the molecule is CCCCOC(=O)CC1c2ccccc2-n2cnc(C(=O)OCC)c2N1c1ccccc1. The van der Waals surface area contributed by atoms with Crippen molar-refractivity contribution in [2.24, 2.45) is 0 Å². The lowest BCUT2D eigenvalue weighted by atomic mass is 9.96. The lowest BCUT2D eigenvalue weighted by Gasteiger charge is -2.39. The maximum absolute atomic E-state index is 12.8. The Morgan fingerprint density at radius 2 is 1.75 bits per heavy atom. The maximum atomic E-state index is 12.8. The van der Waals surface area contributed by atoms with Crippen LogP contribution in [0.1, 0.15) is 55.2 Å². The average Bonchev–Trinajstić information content (AvgIpc) is 3.25. The predicted molar refractivity (Wildman–Crippen MR) is 121 cm³/mol. The van der Waals surface area contributed by atoms with E-state index in [1.165, 1.54) is 0 Å². The number of ether oxygens (including phenoxy) is 2. The molecule has 0 saturated heterocycles. The van der Waals surface area contributed by atoms with E-state index in [2.05, 4.69) is 11.9 Å². The van der Waals surface area contributed by atoms with Crippen LogP contribution in [0.25, 0.3) is 5.69 Å². The molecule has 166 valence electrons. The lowest BCUT2D eigenvalue weighted by Crippen LogP contribution is -2.34. The smallest absolute Gasteiger partial charge is 0.360 e. The Hall–Kier alpha value is -3.61. The van der Waals surface area contributed by atoms with Crippen LogP contribution in [0.4, 0.5) is 11.5 Å². The molecule has 7 nitrogen and oxygen atoms in total. The van der Waals surface area contributed by atoms with E-state index in [4.69, 9.17) is 9.47 Å². The van der Waals surface area contributed by atoms with Gasteiger partial charge in [0.15, 0.2) is 11.5 Å². The summed E-state index contributed by atoms with van der Waals surface area (Å²) < 4.78 is 12.6. The number of carbonyl (C=O) groups excluding carboxylic acids is 2. The Balaban J connectivity index is 1.84. The highest BCUT2D eigenvalue weighted by molar-refractivity contribution is 5.95. The number of nitrogens with zero attached hydrogens (tertiary/aromatic N) is 3. The molecule has 4 rings (SSSR count). The van der Waals surface area contributed by atoms with Gasteiger partial charge in [0.1, 0.15) is 6.33 Å². The second-order valence-corrected chi connectivity index (χ2v) is 7.57. The highest BCUT2D eigenvalue weighted by Crippen LogP contribution is 2.45. The number of aromatic nitrogens is 2. The van der Waals surface area contributed by atoms with Gasteiger partial charge in [-0.05, 0) is 37.1 Å². The summed E-state index contributed by atoms with van der Waals surface area (Å²) in [6.45, 7) is 4.47. The Morgan fingerprint density at radius 3 is 2.50 bits per heavy atom. The van der Waals surface area contributed by atoms with Crippen molar-refractivity contribution in [3.63, 3.8) is 0 Å². The number of para-hydroxylation sites is 2. The standard InChI is InChI=1S/C25H27N3O4/c1-3-5-15-32-22(29)16-21-19-13-9-10-14-20(19)27-17-26-23(25(30)31-4-2)24(27)28(21)18-11-7-6-8-12-18/h6-14,17,21H,3-5,15-16H2,1-2H3. The molecule has 7 heteroatoms. The lowest BCUT2D eigenvalue weighted by molar-refractivity contribution is -0.144. The van der Waals surface area contributed by atoms with Crippen LogP contribution in [0.5, 0.6) is 0 Å². The highest BCUT2D eigenvalue weighted by atomic mass is 16.5. The van der Waals surface area contributed by atoms with Gasteiger partial charge < -0.3 is 14.4 Å². The predicted octanol–water partition coefficient (Wildman–Crippen LogP) is 4.98. The molecule has 0 N–H and O–H groups in total. The third kappa shape index (κ3) is 4.10. The first-order chi connectivity index (χ1) is 15.7. The summed E-state index contributed by atoms with van der Waals surface area (Å²) >= 11 is 0. The largest absolute Gasteiger partial charge is 0.466 e. The summed E-state index contributed by atoms with van der Waals surface area (Å²) in [5.74, 6) is -0.185. The molecule has 0 spiro atoms. The van der Waals surface area contributed by atoms with Crippen molar-refractivity contribution >= 4 is 23.4 Å². The fraction of sp³-hybridized carbons (Fsp3) is 0.320. The molecule has 0 radical (unpaired) electrons. The van der Waals surface area contributed by atoms with E-state index in [9.17, 15) is 9.59 Å².